The van der Waals surface area contributed by atoms with Gasteiger partial charge >= 0.3 is 0 Å². The molecule has 1 aliphatic heterocycles. The second kappa shape index (κ2) is 7.50. The Kier molecular flexibility index (Phi) is 5.05. The Morgan fingerprint density at radius 3 is 2.57 bits per heavy atom. The monoisotopic (exact) mass is 377 g/mol. The summed E-state index contributed by atoms with van der Waals surface area (Å²) in [5.74, 6) is -0.736. The van der Waals surface area contributed by atoms with E-state index in [1.54, 1.807) is 4.90 Å². The van der Waals surface area contributed by atoms with E-state index in [0.29, 0.717) is 13.1 Å². The molecule has 1 aliphatic carbocycles. The molecule has 1 saturated heterocycles. The Hall–Kier alpha value is -2.49. The summed E-state index contributed by atoms with van der Waals surface area (Å²) in [5.41, 5.74) is 3.40. The van der Waals surface area contributed by atoms with E-state index in [9.17, 15) is 14.4 Å². The minimum absolute atomic E-state index is 0.101. The van der Waals surface area contributed by atoms with Crippen molar-refractivity contribution in [1.82, 2.24) is 4.90 Å². The largest absolute Gasteiger partial charge is 0.335 e. The van der Waals surface area contributed by atoms with Crippen molar-refractivity contribution in [3.05, 3.63) is 47.0 Å². The molecule has 1 amide bonds. The number of carbonyl (C=O) groups is 3. The van der Waals surface area contributed by atoms with Gasteiger partial charge in [0, 0.05) is 31.0 Å². The van der Waals surface area contributed by atoms with E-state index in [-0.39, 0.29) is 29.8 Å². The zero-order valence-electron chi connectivity index (χ0n) is 16.7. The average Bonchev–Trinajstić information content (AvgIpc) is 3.12. The fraction of sp³-hybridized carbons (Fsp3) is 0.458. The maximum atomic E-state index is 13.3. The van der Waals surface area contributed by atoms with Gasteiger partial charge in [0.15, 0.2) is 5.78 Å². The van der Waals surface area contributed by atoms with Gasteiger partial charge in [-0.3, -0.25) is 14.4 Å². The Labute approximate surface area is 165 Å². The van der Waals surface area contributed by atoms with E-state index < -0.39 is 5.91 Å². The molecule has 4 heteroatoms. The highest BCUT2D eigenvalue weighted by atomic mass is 16.2. The van der Waals surface area contributed by atoms with E-state index in [0.717, 1.165) is 36.6 Å². The number of carbonyl (C=O) groups excluding carboxylic acids is 3. The molecule has 4 nitrogen and oxygen atoms in total. The van der Waals surface area contributed by atoms with Crippen LogP contribution in [0.15, 0.2) is 30.3 Å². The lowest BCUT2D eigenvalue weighted by Gasteiger charge is -2.32. The van der Waals surface area contributed by atoms with Gasteiger partial charge in [0.05, 0.1) is 0 Å². The quantitative estimate of drug-likeness (QED) is 0.585. The highest BCUT2D eigenvalue weighted by Gasteiger charge is 2.32. The number of hydrogen-bond donors (Lipinski definition) is 0. The third-order valence-corrected chi connectivity index (χ3v) is 6.05. The van der Waals surface area contributed by atoms with Crippen LogP contribution in [0.5, 0.6) is 0 Å². The fourth-order valence-electron chi connectivity index (χ4n) is 4.69. The zero-order chi connectivity index (χ0) is 19.8. The van der Waals surface area contributed by atoms with Crippen molar-refractivity contribution in [3.8, 4) is 0 Å². The molecular formula is C24H27NO3. The minimum atomic E-state index is -0.424. The Morgan fingerprint density at radius 2 is 1.82 bits per heavy atom. The van der Waals surface area contributed by atoms with Gasteiger partial charge in [0.1, 0.15) is 0 Å². The number of hydrogen-bond acceptors (Lipinski definition) is 3. The first-order valence-corrected chi connectivity index (χ1v) is 10.4. The van der Waals surface area contributed by atoms with Crippen molar-refractivity contribution >= 4 is 28.2 Å². The summed E-state index contributed by atoms with van der Waals surface area (Å²) in [5, 5.41) is 2.28. The normalized spacial score (nSPS) is 18.7. The minimum Gasteiger partial charge on any atom is -0.335 e. The van der Waals surface area contributed by atoms with Crippen LogP contribution in [0.3, 0.4) is 0 Å². The van der Waals surface area contributed by atoms with Crippen LogP contribution in [0.1, 0.15) is 54.6 Å². The van der Waals surface area contributed by atoms with Crippen molar-refractivity contribution in [3.63, 3.8) is 0 Å². The van der Waals surface area contributed by atoms with Gasteiger partial charge in [-0.1, -0.05) is 44.2 Å². The van der Waals surface area contributed by atoms with E-state index in [2.05, 4.69) is 12.1 Å². The molecule has 28 heavy (non-hydrogen) atoms. The van der Waals surface area contributed by atoms with Gasteiger partial charge in [-0.15, -0.1) is 0 Å². The molecule has 1 heterocycles. The van der Waals surface area contributed by atoms with Crippen LogP contribution in [-0.4, -0.2) is 35.5 Å². The Bertz CT molecular complexity index is 949. The maximum absolute atomic E-state index is 13.3. The molecule has 0 N–H and O–H groups in total. The molecule has 0 radical (unpaired) electrons. The molecule has 4 rings (SSSR count). The van der Waals surface area contributed by atoms with Crippen LogP contribution >= 0.6 is 0 Å². The van der Waals surface area contributed by atoms with Crippen molar-refractivity contribution in [2.45, 2.75) is 46.0 Å². The molecule has 0 bridgehead atoms. The zero-order valence-corrected chi connectivity index (χ0v) is 16.7. The van der Waals surface area contributed by atoms with E-state index >= 15 is 0 Å². The summed E-state index contributed by atoms with van der Waals surface area (Å²) in [6, 6.07) is 10.3. The maximum Gasteiger partial charge on any atom is 0.289 e. The lowest BCUT2D eigenvalue weighted by atomic mass is 9.87. The second-order valence-electron chi connectivity index (χ2n) is 8.59. The first kappa shape index (κ1) is 18.9. The van der Waals surface area contributed by atoms with Gasteiger partial charge in [-0.2, -0.15) is 0 Å². The summed E-state index contributed by atoms with van der Waals surface area (Å²) >= 11 is 0. The van der Waals surface area contributed by atoms with Crippen LogP contribution in [0, 0.1) is 11.8 Å². The highest BCUT2D eigenvalue weighted by molar-refractivity contribution is 6.36. The average molecular weight is 377 g/mol. The van der Waals surface area contributed by atoms with Gasteiger partial charge in [0.25, 0.3) is 5.91 Å². The molecule has 1 atom stereocenters. The Morgan fingerprint density at radius 1 is 1.07 bits per heavy atom. The number of aryl methyl sites for hydroxylation is 2. The van der Waals surface area contributed by atoms with E-state index in [1.165, 1.54) is 16.5 Å². The smallest absolute Gasteiger partial charge is 0.289 e. The van der Waals surface area contributed by atoms with Crippen LogP contribution < -0.4 is 0 Å². The molecule has 0 saturated carbocycles. The number of Topliss-reactive ketones (excluding diaryl/α,β-unsaturated/α-hetero) is 2. The number of piperidine rings is 1. The molecular weight excluding hydrogens is 350 g/mol. The standard InChI is InChI=1S/C24H27NO3/c1-15(2)13-21(26)24(28)25-12-4-6-18(14-25)23(27)20-11-10-17-9-8-16-5-3-7-19(20)22(16)17/h3,5,7,10-11,15,18H,4,6,8-9,12-14H2,1-2H3/t18-/m0/s1. The fourth-order valence-corrected chi connectivity index (χ4v) is 4.69. The van der Waals surface area contributed by atoms with Gasteiger partial charge < -0.3 is 4.90 Å². The first-order valence-electron chi connectivity index (χ1n) is 10.4. The molecule has 1 fully saturated rings. The summed E-state index contributed by atoms with van der Waals surface area (Å²) in [6.07, 6.45) is 3.87. The topological polar surface area (TPSA) is 54.5 Å². The number of amides is 1. The van der Waals surface area contributed by atoms with Crippen LogP contribution in [0.4, 0.5) is 0 Å². The predicted octanol–water partition coefficient (Wildman–Crippen LogP) is 3.97. The van der Waals surface area contributed by atoms with Crippen LogP contribution in [-0.2, 0) is 22.4 Å². The summed E-state index contributed by atoms with van der Waals surface area (Å²) in [6.45, 7) is 4.79. The molecule has 2 aromatic carbocycles. The second-order valence-corrected chi connectivity index (χ2v) is 8.59. The van der Waals surface area contributed by atoms with Gasteiger partial charge in [0.2, 0.25) is 5.78 Å². The Balaban J connectivity index is 1.57. The van der Waals surface area contributed by atoms with Gasteiger partial charge in [-0.05, 0) is 53.5 Å². The number of likely N-dealkylation sites (tertiary alicyclic amines) is 1. The molecule has 2 aromatic rings. The summed E-state index contributed by atoms with van der Waals surface area (Å²) in [4.78, 5) is 39.6. The predicted molar refractivity (Wildman–Crippen MR) is 109 cm³/mol. The third kappa shape index (κ3) is 3.36. The van der Waals surface area contributed by atoms with Crippen molar-refractivity contribution < 1.29 is 14.4 Å². The number of ketones is 2. The van der Waals surface area contributed by atoms with Crippen LogP contribution in [0.25, 0.3) is 10.8 Å². The third-order valence-electron chi connectivity index (χ3n) is 6.05. The summed E-state index contributed by atoms with van der Waals surface area (Å²) in [7, 11) is 0. The highest BCUT2D eigenvalue weighted by Crippen LogP contribution is 2.34. The van der Waals surface area contributed by atoms with E-state index in [1.807, 2.05) is 32.0 Å². The number of benzene rings is 2. The van der Waals surface area contributed by atoms with Gasteiger partial charge in [-0.25, -0.2) is 0 Å². The molecule has 0 unspecified atom stereocenters. The molecule has 2 aliphatic rings. The number of nitrogens with zero attached hydrogens (tertiary/aromatic N) is 1. The summed E-state index contributed by atoms with van der Waals surface area (Å²) < 4.78 is 0. The number of rotatable bonds is 5. The van der Waals surface area contributed by atoms with E-state index in [4.69, 9.17) is 0 Å². The van der Waals surface area contributed by atoms with Crippen LogP contribution in [0.2, 0.25) is 0 Å². The lowest BCUT2D eigenvalue weighted by Crippen LogP contribution is -2.45. The first-order chi connectivity index (χ1) is 13.5. The molecule has 146 valence electrons. The molecule has 0 aromatic heterocycles. The van der Waals surface area contributed by atoms with Crippen molar-refractivity contribution in [2.75, 3.05) is 13.1 Å². The SMILES string of the molecule is CC(C)CC(=O)C(=O)N1CCC[C@H](C(=O)c2ccc3c4c(cccc24)CC3)C1. The molecule has 0 spiro atoms. The van der Waals surface area contributed by atoms with Crippen molar-refractivity contribution in [1.29, 1.82) is 0 Å². The van der Waals surface area contributed by atoms with Crippen molar-refractivity contribution in [2.24, 2.45) is 11.8 Å². The lowest BCUT2D eigenvalue weighted by molar-refractivity contribution is -0.146.